The topological polar surface area (TPSA) is 136 Å². The van der Waals surface area contributed by atoms with Crippen LogP contribution in [0.2, 0.25) is 5.02 Å². The number of fused-ring (bicyclic) bond motifs is 1. The highest BCUT2D eigenvalue weighted by molar-refractivity contribution is 8.01. The van der Waals surface area contributed by atoms with Gasteiger partial charge in [-0.2, -0.15) is 13.9 Å². The molecule has 19 heteroatoms. The van der Waals surface area contributed by atoms with Crippen molar-refractivity contribution >= 4 is 64.2 Å². The number of thioether (sulfide) groups is 1. The minimum Gasteiger partial charge on any atom is -0.397 e. The molecule has 1 amide bonds. The number of pyridine rings is 1. The number of nitrogens with two attached hydrogens (primary N) is 2. The van der Waals surface area contributed by atoms with Gasteiger partial charge in [0.2, 0.25) is 6.41 Å². The molecule has 6 N–H and O–H groups in total. The highest BCUT2D eigenvalue weighted by atomic mass is 35.5. The van der Waals surface area contributed by atoms with E-state index in [-0.39, 0.29) is 17.1 Å². The van der Waals surface area contributed by atoms with Gasteiger partial charge in [0, 0.05) is 40.4 Å². The van der Waals surface area contributed by atoms with Gasteiger partial charge in [0.1, 0.15) is 29.6 Å². The lowest BCUT2D eigenvalue weighted by atomic mass is 9.90. The number of hydrogen-bond donors (Lipinski definition) is 4. The summed E-state index contributed by atoms with van der Waals surface area (Å²) >= 11 is 9.80. The number of benzene rings is 2. The third-order valence-electron chi connectivity index (χ3n) is 9.38. The van der Waals surface area contributed by atoms with Crippen LogP contribution in [0.5, 0.6) is 0 Å². The molecule has 0 spiro atoms. The maximum absolute atomic E-state index is 14.0. The average molecular weight is 902 g/mol. The van der Waals surface area contributed by atoms with Crippen molar-refractivity contribution in [2.24, 2.45) is 17.4 Å². The molecule has 60 heavy (non-hydrogen) atoms. The lowest BCUT2D eigenvalue weighted by Gasteiger charge is -2.18. The number of primary amides is 1. The molecule has 0 bridgehead atoms. The zero-order chi connectivity index (χ0) is 44.7. The summed E-state index contributed by atoms with van der Waals surface area (Å²) in [5.74, 6) is 1.09. The predicted octanol–water partition coefficient (Wildman–Crippen LogP) is 10.6. The summed E-state index contributed by atoms with van der Waals surface area (Å²) in [7, 11) is 0. The van der Waals surface area contributed by atoms with Gasteiger partial charge >= 0.3 is 0 Å². The van der Waals surface area contributed by atoms with Gasteiger partial charge in [-0.1, -0.05) is 37.4 Å². The standard InChI is InChI=1S/C32H31ClF4N4S2.C8H10F4N2.CH3NO/c1-18(13-19-14-20(34)16-21(35)15-19)29-24(8-5-22(38-29)11-12-32(2,3)42-4)25-9-10-26(33)28-30(25)41(17-27(36)37)39-31(28)40-43-23-6-7-23;1-3-2-8(11,12)6(14)4(3)5(13)7(9)10;2-1-3/h5,8-10,14-16,18,23,27H,6-7,13,17H2,1-4H3,(H,39,40);3,7,14H,2,13H2,1H3;1H,(H2,2,3)/b;5-4-,14-6?;/t;3-;/m.0./s1. The largest absolute Gasteiger partial charge is 0.397 e. The first kappa shape index (κ1) is 48.2. The lowest BCUT2D eigenvalue weighted by Crippen LogP contribution is -2.24. The van der Waals surface area contributed by atoms with Crippen molar-refractivity contribution in [3.8, 4) is 23.0 Å². The summed E-state index contributed by atoms with van der Waals surface area (Å²) in [5.41, 5.74) is 10.2. The Balaban J connectivity index is 0.000000391. The zero-order valence-corrected chi connectivity index (χ0v) is 35.6. The number of alkyl halides is 6. The van der Waals surface area contributed by atoms with Gasteiger partial charge in [-0.3, -0.25) is 14.9 Å². The van der Waals surface area contributed by atoms with Crippen LogP contribution in [0.3, 0.4) is 0 Å². The quantitative estimate of drug-likeness (QED) is 0.0509. The monoisotopic (exact) mass is 901 g/mol. The fourth-order valence-electron chi connectivity index (χ4n) is 6.33. The van der Waals surface area contributed by atoms with Gasteiger partial charge < -0.3 is 16.2 Å². The molecular weight excluding hydrogens is 858 g/mol. The Kier molecular flexibility index (Phi) is 16.4. The number of halogens is 9. The van der Waals surface area contributed by atoms with E-state index in [4.69, 9.17) is 32.5 Å². The van der Waals surface area contributed by atoms with Crippen LogP contribution in [0.1, 0.15) is 69.8 Å². The Morgan fingerprint density at radius 3 is 2.27 bits per heavy atom. The number of amides is 1. The third kappa shape index (κ3) is 12.3. The van der Waals surface area contributed by atoms with Gasteiger partial charge in [-0.25, -0.2) is 31.3 Å². The van der Waals surface area contributed by atoms with Crippen LogP contribution in [0, 0.1) is 34.8 Å². The van der Waals surface area contributed by atoms with E-state index in [1.807, 2.05) is 33.1 Å². The van der Waals surface area contributed by atoms with E-state index in [9.17, 15) is 35.1 Å². The SMILES string of the molecule is CSC(C)(C)C#Cc1ccc(-c2ccc(Cl)c3c(NSC4CC4)nn(CC(F)F)c23)c(C(C)Cc2cc(F)cc(F)c2)n1.C[C@H]1CC(F)(F)C(=N)/C1=C(\N)C(F)F.NC=O. The van der Waals surface area contributed by atoms with E-state index in [1.54, 1.807) is 30.0 Å². The summed E-state index contributed by atoms with van der Waals surface area (Å²) in [6, 6.07) is 10.6. The average Bonchev–Trinajstić information content (AvgIpc) is 3.88. The molecule has 8 nitrogen and oxygen atoms in total. The van der Waals surface area contributed by atoms with E-state index in [2.05, 4.69) is 27.4 Å². The van der Waals surface area contributed by atoms with Gasteiger partial charge in [0.05, 0.1) is 32.1 Å². The molecule has 0 saturated heterocycles. The molecule has 2 atom stereocenters. The van der Waals surface area contributed by atoms with Gasteiger partial charge in [-0.05, 0) is 99.0 Å². The van der Waals surface area contributed by atoms with E-state index in [0.29, 0.717) is 61.5 Å². The molecule has 2 saturated carbocycles. The van der Waals surface area contributed by atoms with Crippen LogP contribution >= 0.6 is 35.3 Å². The molecule has 324 valence electrons. The third-order valence-corrected chi connectivity index (χ3v) is 11.9. The summed E-state index contributed by atoms with van der Waals surface area (Å²) < 4.78 is 110. The van der Waals surface area contributed by atoms with Crippen molar-refractivity contribution in [1.29, 1.82) is 5.41 Å². The lowest BCUT2D eigenvalue weighted by molar-refractivity contribution is -0.106. The van der Waals surface area contributed by atoms with Crippen LogP contribution in [-0.2, 0) is 17.8 Å². The molecule has 0 radical (unpaired) electrons. The van der Waals surface area contributed by atoms with Crippen LogP contribution in [0.4, 0.5) is 40.9 Å². The molecule has 2 aromatic carbocycles. The first-order valence-electron chi connectivity index (χ1n) is 18.5. The number of nitrogens with zero attached hydrogens (tertiary/aromatic N) is 3. The number of aromatic nitrogens is 3. The Hall–Kier alpha value is -4.47. The van der Waals surface area contributed by atoms with E-state index >= 15 is 0 Å². The van der Waals surface area contributed by atoms with Crippen molar-refractivity contribution in [1.82, 2.24) is 14.8 Å². The number of anilines is 1. The van der Waals surface area contributed by atoms with Crippen LogP contribution in [-0.4, -0.2) is 61.9 Å². The Morgan fingerprint density at radius 1 is 1.12 bits per heavy atom. The number of hydrogen-bond acceptors (Lipinski definition) is 8. The predicted molar refractivity (Wildman–Crippen MR) is 225 cm³/mol. The zero-order valence-electron chi connectivity index (χ0n) is 33.2. The van der Waals surface area contributed by atoms with Crippen LogP contribution in [0.25, 0.3) is 22.0 Å². The molecule has 6 rings (SSSR count). The molecule has 1 unspecified atom stereocenters. The Labute approximate surface area is 356 Å². The smallest absolute Gasteiger partial charge is 0.289 e. The van der Waals surface area contributed by atoms with Crippen LogP contribution in [0.15, 0.2) is 53.7 Å². The van der Waals surface area contributed by atoms with Gasteiger partial charge in [0.25, 0.3) is 18.8 Å². The second kappa shape index (κ2) is 20.4. The first-order valence-corrected chi connectivity index (χ1v) is 20.9. The Bertz CT molecular complexity index is 2270. The van der Waals surface area contributed by atoms with Crippen molar-refractivity contribution in [2.75, 3.05) is 11.0 Å². The number of allylic oxidation sites excluding steroid dienone is 2. The molecule has 0 aliphatic heterocycles. The maximum Gasteiger partial charge on any atom is 0.289 e. The summed E-state index contributed by atoms with van der Waals surface area (Å²) in [4.78, 5) is 13.5. The number of rotatable bonds is 11. The molecule has 2 aliphatic carbocycles. The molecule has 4 aromatic rings. The maximum atomic E-state index is 14.0. The summed E-state index contributed by atoms with van der Waals surface area (Å²) in [6.07, 6.45) is -1.56. The Morgan fingerprint density at radius 2 is 1.73 bits per heavy atom. The summed E-state index contributed by atoms with van der Waals surface area (Å²) in [5, 5.41) is 12.9. The van der Waals surface area contributed by atoms with Gasteiger partial charge in [-0.15, -0.1) is 11.8 Å². The fourth-order valence-corrected chi connectivity index (χ4v) is 7.52. The van der Waals surface area contributed by atoms with Gasteiger partial charge in [0.15, 0.2) is 5.82 Å². The highest BCUT2D eigenvalue weighted by Gasteiger charge is 2.48. The van der Waals surface area contributed by atoms with E-state index in [1.165, 1.54) is 35.7 Å². The number of carbonyl (C=O) groups is 1. The van der Waals surface area contributed by atoms with Crippen molar-refractivity contribution in [3.63, 3.8) is 0 Å². The van der Waals surface area contributed by atoms with E-state index < -0.39 is 66.3 Å². The molecule has 2 heterocycles. The first-order chi connectivity index (χ1) is 28.1. The molecular formula is C41H44ClF8N7OS2. The second-order valence-corrected chi connectivity index (χ2v) is 17.6. The van der Waals surface area contributed by atoms with Crippen molar-refractivity contribution in [2.45, 2.75) is 94.6 Å². The van der Waals surface area contributed by atoms with Crippen molar-refractivity contribution in [3.05, 3.63) is 87.3 Å². The van der Waals surface area contributed by atoms with Crippen LogP contribution < -0.4 is 16.2 Å². The van der Waals surface area contributed by atoms with E-state index in [0.717, 1.165) is 18.9 Å². The molecule has 2 fully saturated rings. The summed E-state index contributed by atoms with van der Waals surface area (Å²) in [6.45, 7) is 6.69. The number of nitrogens with one attached hydrogen (secondary N) is 2. The molecule has 2 aromatic heterocycles. The van der Waals surface area contributed by atoms with Crippen molar-refractivity contribution < 1.29 is 39.9 Å². The normalized spacial score (nSPS) is 17.3. The minimum atomic E-state index is -3.33. The minimum absolute atomic E-state index is 0.250. The fraction of sp³-hybridized carbons (Fsp3) is 0.415. The highest BCUT2D eigenvalue weighted by Crippen LogP contribution is 2.43. The molecule has 2 aliphatic rings. The second-order valence-electron chi connectivity index (χ2n) is 14.6. The number of carbonyl (C=O) groups excluding carboxylic acids is 1.